The molecular weight excluding hydrogens is 455 g/mol. The van der Waals surface area contributed by atoms with Gasteiger partial charge in [0.05, 0.1) is 17.3 Å². The molecule has 1 saturated heterocycles. The Balaban J connectivity index is 2.06. The molecule has 3 rings (SSSR count). The maximum absolute atomic E-state index is 13.2. The first-order valence-electron chi connectivity index (χ1n) is 9.65. The van der Waals surface area contributed by atoms with Gasteiger partial charge in [0.25, 0.3) is 11.8 Å². The molecule has 2 aromatic rings. The van der Waals surface area contributed by atoms with Crippen LogP contribution in [0.2, 0.25) is 10.0 Å². The third kappa shape index (κ3) is 4.64. The van der Waals surface area contributed by atoms with Gasteiger partial charge in [0.2, 0.25) is 0 Å². The lowest BCUT2D eigenvalue weighted by Crippen LogP contribution is -2.54. The number of hydrogen-bond acceptors (Lipinski definition) is 5. The fourth-order valence-electron chi connectivity index (χ4n) is 3.10. The summed E-state index contributed by atoms with van der Waals surface area (Å²) in [6, 6.07) is 7.09. The molecule has 1 aliphatic rings. The van der Waals surface area contributed by atoms with Crippen LogP contribution in [0.3, 0.4) is 0 Å². The van der Waals surface area contributed by atoms with Gasteiger partial charge in [-0.1, -0.05) is 41.9 Å². The second-order valence-corrected chi connectivity index (χ2v) is 7.52. The lowest BCUT2D eigenvalue weighted by Gasteiger charge is -2.27. The maximum atomic E-state index is 13.2. The monoisotopic (exact) mass is 474 g/mol. The molecule has 1 heterocycles. The Bertz CT molecular complexity index is 1140. The van der Waals surface area contributed by atoms with Crippen molar-refractivity contribution in [2.45, 2.75) is 13.8 Å². The molecular formula is C23H20Cl2N2O5. The van der Waals surface area contributed by atoms with Gasteiger partial charge >= 0.3 is 6.03 Å². The van der Waals surface area contributed by atoms with Crippen LogP contribution in [0.4, 0.5) is 10.5 Å². The lowest BCUT2D eigenvalue weighted by atomic mass is 10.1. The SMILES string of the molecule is C=CCOc1c(Cl)cc(/C=C2\C(=O)NC(=O)N(c3cccc(Cl)c3C)C2=O)cc1OCC. The second kappa shape index (κ2) is 9.89. The number of anilines is 1. The number of amides is 4. The van der Waals surface area contributed by atoms with E-state index in [1.807, 2.05) is 0 Å². The van der Waals surface area contributed by atoms with Crippen molar-refractivity contribution in [1.29, 1.82) is 0 Å². The molecule has 32 heavy (non-hydrogen) atoms. The topological polar surface area (TPSA) is 84.9 Å². The largest absolute Gasteiger partial charge is 0.490 e. The first kappa shape index (κ1) is 23.4. The zero-order chi connectivity index (χ0) is 23.4. The Morgan fingerprint density at radius 2 is 1.88 bits per heavy atom. The summed E-state index contributed by atoms with van der Waals surface area (Å²) < 4.78 is 11.2. The molecule has 0 spiro atoms. The van der Waals surface area contributed by atoms with Crippen molar-refractivity contribution in [3.63, 3.8) is 0 Å². The van der Waals surface area contributed by atoms with Gasteiger partial charge in [-0.25, -0.2) is 9.69 Å². The number of ether oxygens (including phenoxy) is 2. The van der Waals surface area contributed by atoms with Crippen LogP contribution in [0.5, 0.6) is 11.5 Å². The van der Waals surface area contributed by atoms with Crippen molar-refractivity contribution in [3.05, 3.63) is 69.7 Å². The summed E-state index contributed by atoms with van der Waals surface area (Å²) >= 11 is 12.5. The average Bonchev–Trinajstić information content (AvgIpc) is 2.73. The fraction of sp³-hybridized carbons (Fsp3) is 0.174. The zero-order valence-electron chi connectivity index (χ0n) is 17.4. The Hall–Kier alpha value is -3.29. The Morgan fingerprint density at radius 3 is 2.56 bits per heavy atom. The number of carbonyl (C=O) groups excluding carboxylic acids is 3. The molecule has 0 unspecified atom stereocenters. The lowest BCUT2D eigenvalue weighted by molar-refractivity contribution is -0.122. The summed E-state index contributed by atoms with van der Waals surface area (Å²) in [7, 11) is 0. The molecule has 9 heteroatoms. The van der Waals surface area contributed by atoms with Crippen molar-refractivity contribution in [1.82, 2.24) is 5.32 Å². The van der Waals surface area contributed by atoms with E-state index in [1.54, 1.807) is 44.2 Å². The van der Waals surface area contributed by atoms with Crippen molar-refractivity contribution in [2.75, 3.05) is 18.1 Å². The highest BCUT2D eigenvalue weighted by Gasteiger charge is 2.37. The van der Waals surface area contributed by atoms with Crippen LogP contribution in [0, 0.1) is 6.92 Å². The maximum Gasteiger partial charge on any atom is 0.335 e. The quantitative estimate of drug-likeness (QED) is 0.349. The highest BCUT2D eigenvalue weighted by atomic mass is 35.5. The number of carbonyl (C=O) groups is 3. The number of imide groups is 2. The first-order chi connectivity index (χ1) is 15.3. The molecule has 7 nitrogen and oxygen atoms in total. The minimum atomic E-state index is -0.858. The van der Waals surface area contributed by atoms with Crippen LogP contribution in [-0.2, 0) is 9.59 Å². The van der Waals surface area contributed by atoms with E-state index in [0.29, 0.717) is 34.3 Å². The van der Waals surface area contributed by atoms with Crippen LogP contribution in [0.25, 0.3) is 6.08 Å². The van der Waals surface area contributed by atoms with Crippen LogP contribution in [0.15, 0.2) is 48.6 Å². The number of nitrogens with one attached hydrogen (secondary N) is 1. The van der Waals surface area contributed by atoms with Crippen molar-refractivity contribution in [3.8, 4) is 11.5 Å². The van der Waals surface area contributed by atoms with Crippen molar-refractivity contribution >= 4 is 52.8 Å². The van der Waals surface area contributed by atoms with Crippen LogP contribution < -0.4 is 19.7 Å². The molecule has 0 radical (unpaired) electrons. The Labute approximate surface area is 195 Å². The first-order valence-corrected chi connectivity index (χ1v) is 10.4. The summed E-state index contributed by atoms with van der Waals surface area (Å²) in [5.41, 5.74) is 0.971. The van der Waals surface area contributed by atoms with Gasteiger partial charge < -0.3 is 9.47 Å². The Morgan fingerprint density at radius 1 is 1.12 bits per heavy atom. The fourth-order valence-corrected chi connectivity index (χ4v) is 3.54. The third-order valence-electron chi connectivity index (χ3n) is 4.57. The minimum absolute atomic E-state index is 0.219. The summed E-state index contributed by atoms with van der Waals surface area (Å²) in [5, 5.41) is 2.80. The molecule has 0 saturated carbocycles. The molecule has 0 bridgehead atoms. The van der Waals surface area contributed by atoms with Crippen LogP contribution >= 0.6 is 23.2 Å². The van der Waals surface area contributed by atoms with E-state index in [2.05, 4.69) is 11.9 Å². The van der Waals surface area contributed by atoms with E-state index in [4.69, 9.17) is 32.7 Å². The molecule has 1 N–H and O–H groups in total. The summed E-state index contributed by atoms with van der Waals surface area (Å²) in [4.78, 5) is 39.0. The minimum Gasteiger partial charge on any atom is -0.490 e. The molecule has 166 valence electrons. The number of barbiturate groups is 1. The normalized spacial score (nSPS) is 15.1. The Kier molecular flexibility index (Phi) is 7.22. The number of halogens is 2. The summed E-state index contributed by atoms with van der Waals surface area (Å²) in [6.45, 7) is 7.64. The van der Waals surface area contributed by atoms with Gasteiger partial charge in [-0.3, -0.25) is 14.9 Å². The molecule has 0 aromatic heterocycles. The number of benzene rings is 2. The van der Waals surface area contributed by atoms with Crippen molar-refractivity contribution in [2.24, 2.45) is 0 Å². The molecule has 0 atom stereocenters. The average molecular weight is 475 g/mol. The van der Waals surface area contributed by atoms with Crippen LogP contribution in [-0.4, -0.2) is 31.1 Å². The molecule has 1 fully saturated rings. The van der Waals surface area contributed by atoms with Crippen molar-refractivity contribution < 1.29 is 23.9 Å². The summed E-state index contributed by atoms with van der Waals surface area (Å²) in [6.07, 6.45) is 2.90. The second-order valence-electron chi connectivity index (χ2n) is 6.70. The van der Waals surface area contributed by atoms with Gasteiger partial charge in [-0.05, 0) is 55.3 Å². The summed E-state index contributed by atoms with van der Waals surface area (Å²) in [5.74, 6) is -0.945. The van der Waals surface area contributed by atoms with Gasteiger partial charge in [-0.15, -0.1) is 0 Å². The number of rotatable bonds is 7. The van der Waals surface area contributed by atoms with Gasteiger partial charge in [0.1, 0.15) is 12.2 Å². The predicted octanol–water partition coefficient (Wildman–Crippen LogP) is 4.93. The van der Waals surface area contributed by atoms with E-state index < -0.39 is 17.8 Å². The zero-order valence-corrected chi connectivity index (χ0v) is 18.9. The predicted molar refractivity (Wildman–Crippen MR) is 124 cm³/mol. The highest BCUT2D eigenvalue weighted by molar-refractivity contribution is 6.40. The molecule has 1 aliphatic heterocycles. The molecule has 2 aromatic carbocycles. The number of nitrogens with zero attached hydrogens (tertiary/aromatic N) is 1. The van der Waals surface area contributed by atoms with Gasteiger partial charge in [0.15, 0.2) is 11.5 Å². The van der Waals surface area contributed by atoms with E-state index in [1.165, 1.54) is 12.1 Å². The number of hydrogen-bond donors (Lipinski definition) is 1. The standard InChI is InChI=1S/C23H20Cl2N2O5/c1-4-9-32-20-17(25)11-14(12-19(20)31-5-2)10-15-21(28)26-23(30)27(22(15)29)18-8-6-7-16(24)13(18)3/h4,6-8,10-12H,1,5,9H2,2-3H3,(H,26,28,30)/b15-10+. The van der Waals surface area contributed by atoms with E-state index in [0.717, 1.165) is 4.90 Å². The van der Waals surface area contributed by atoms with Gasteiger partial charge in [0, 0.05) is 5.02 Å². The van der Waals surface area contributed by atoms with E-state index in [-0.39, 0.29) is 22.9 Å². The smallest absolute Gasteiger partial charge is 0.335 e. The van der Waals surface area contributed by atoms with E-state index >= 15 is 0 Å². The van der Waals surface area contributed by atoms with Gasteiger partial charge in [-0.2, -0.15) is 0 Å². The van der Waals surface area contributed by atoms with E-state index in [9.17, 15) is 14.4 Å². The third-order valence-corrected chi connectivity index (χ3v) is 5.26. The van der Waals surface area contributed by atoms with Crippen LogP contribution in [0.1, 0.15) is 18.1 Å². The number of urea groups is 1. The molecule has 0 aliphatic carbocycles. The molecule has 4 amide bonds. The highest BCUT2D eigenvalue weighted by Crippen LogP contribution is 2.38.